The third kappa shape index (κ3) is 2.17. The Labute approximate surface area is 109 Å². The van der Waals surface area contributed by atoms with Crippen molar-refractivity contribution in [2.75, 3.05) is 0 Å². The van der Waals surface area contributed by atoms with Gasteiger partial charge in [0.2, 0.25) is 0 Å². The van der Waals surface area contributed by atoms with E-state index >= 15 is 0 Å². The largest absolute Gasteiger partial charge is 0.332 e. The summed E-state index contributed by atoms with van der Waals surface area (Å²) in [6, 6.07) is 2.04. The molecule has 0 bridgehead atoms. The number of fused-ring (bicyclic) bond motifs is 1. The molecular weight excluding hydrogens is 246 g/mol. The second-order valence-electron chi connectivity index (χ2n) is 4.44. The van der Waals surface area contributed by atoms with E-state index in [1.807, 2.05) is 6.07 Å². The van der Waals surface area contributed by atoms with Crippen LogP contribution in [0.5, 0.6) is 0 Å². The Morgan fingerprint density at radius 3 is 2.74 bits per heavy atom. The van der Waals surface area contributed by atoms with Gasteiger partial charge in [-0.05, 0) is 12.8 Å². The molecule has 0 saturated heterocycles. The molecule has 2 heterocycles. The van der Waals surface area contributed by atoms with Crippen LogP contribution in [0.4, 0.5) is 0 Å². The highest BCUT2D eigenvalue weighted by Gasteiger charge is 2.14. The van der Waals surface area contributed by atoms with Crippen molar-refractivity contribution in [3.63, 3.8) is 0 Å². The third-order valence-electron chi connectivity index (χ3n) is 3.12. The van der Waals surface area contributed by atoms with Gasteiger partial charge in [-0.25, -0.2) is 9.78 Å². The van der Waals surface area contributed by atoms with Crippen molar-refractivity contribution in [2.45, 2.75) is 25.8 Å². The Hall–Kier alpha value is -2.36. The van der Waals surface area contributed by atoms with Crippen LogP contribution in [-0.4, -0.2) is 18.7 Å². The Balaban J connectivity index is 2.50. The van der Waals surface area contributed by atoms with Crippen molar-refractivity contribution in [1.82, 2.24) is 18.7 Å². The van der Waals surface area contributed by atoms with Gasteiger partial charge < -0.3 is 4.57 Å². The number of aromatic nitrogens is 4. The maximum Gasteiger partial charge on any atom is 0.332 e. The van der Waals surface area contributed by atoms with Crippen molar-refractivity contribution in [2.24, 2.45) is 14.1 Å². The Bertz CT molecular complexity index is 759. The molecule has 2 aromatic rings. The number of imidazole rings is 1. The van der Waals surface area contributed by atoms with Crippen molar-refractivity contribution in [1.29, 1.82) is 5.26 Å². The lowest BCUT2D eigenvalue weighted by atomic mass is 10.2. The molecule has 100 valence electrons. The molecule has 7 nitrogen and oxygen atoms in total. The molecule has 0 fully saturated rings. The summed E-state index contributed by atoms with van der Waals surface area (Å²) in [5, 5.41) is 8.47. The number of nitrogens with zero attached hydrogens (tertiary/aromatic N) is 5. The van der Waals surface area contributed by atoms with Gasteiger partial charge in [0.15, 0.2) is 11.2 Å². The molecule has 0 aliphatic rings. The predicted molar refractivity (Wildman–Crippen MR) is 69.7 cm³/mol. The SMILES string of the molecule is Cn1cnc2c1c(=O)n(CCCCC#N)c(=O)n2C. The Kier molecular flexibility index (Phi) is 3.51. The molecule has 7 heteroatoms. The molecule has 0 saturated carbocycles. The van der Waals surface area contributed by atoms with Gasteiger partial charge in [0.25, 0.3) is 5.56 Å². The van der Waals surface area contributed by atoms with E-state index in [-0.39, 0.29) is 11.2 Å². The summed E-state index contributed by atoms with van der Waals surface area (Å²) in [6.45, 7) is 0.328. The van der Waals surface area contributed by atoms with E-state index in [1.165, 1.54) is 15.5 Å². The summed E-state index contributed by atoms with van der Waals surface area (Å²) in [7, 11) is 3.32. The van der Waals surface area contributed by atoms with Crippen LogP contribution in [-0.2, 0) is 20.6 Å². The maximum atomic E-state index is 12.3. The average molecular weight is 261 g/mol. The van der Waals surface area contributed by atoms with Crippen molar-refractivity contribution >= 4 is 11.2 Å². The van der Waals surface area contributed by atoms with Crippen molar-refractivity contribution < 1.29 is 0 Å². The van der Waals surface area contributed by atoms with E-state index < -0.39 is 0 Å². The zero-order valence-corrected chi connectivity index (χ0v) is 11.0. The molecule has 0 amide bonds. The minimum atomic E-state index is -0.367. The van der Waals surface area contributed by atoms with Gasteiger partial charge in [0.05, 0.1) is 12.4 Å². The van der Waals surface area contributed by atoms with Gasteiger partial charge in [0.1, 0.15) is 0 Å². The van der Waals surface area contributed by atoms with Crippen LogP contribution in [0.2, 0.25) is 0 Å². The van der Waals surface area contributed by atoms with Gasteiger partial charge in [0, 0.05) is 27.1 Å². The highest BCUT2D eigenvalue weighted by molar-refractivity contribution is 5.69. The molecule has 19 heavy (non-hydrogen) atoms. The number of unbranched alkanes of at least 4 members (excludes halogenated alkanes) is 2. The van der Waals surface area contributed by atoms with Crippen LogP contribution in [0.3, 0.4) is 0 Å². The summed E-state index contributed by atoms with van der Waals surface area (Å²) < 4.78 is 4.20. The molecular formula is C12H15N5O2. The summed E-state index contributed by atoms with van der Waals surface area (Å²) in [5.74, 6) is 0. The molecule has 0 spiro atoms. The normalized spacial score (nSPS) is 10.8. The summed E-state index contributed by atoms with van der Waals surface area (Å²) >= 11 is 0. The number of hydrogen-bond acceptors (Lipinski definition) is 4. The van der Waals surface area contributed by atoms with Crippen LogP contribution in [0, 0.1) is 11.3 Å². The highest BCUT2D eigenvalue weighted by Crippen LogP contribution is 2.03. The fourth-order valence-electron chi connectivity index (χ4n) is 2.07. The van der Waals surface area contributed by atoms with Crippen LogP contribution in [0.1, 0.15) is 19.3 Å². The molecule has 2 aromatic heterocycles. The molecule has 0 aliphatic carbocycles. The third-order valence-corrected chi connectivity index (χ3v) is 3.12. The number of hydrogen-bond donors (Lipinski definition) is 0. The van der Waals surface area contributed by atoms with Gasteiger partial charge in [-0.1, -0.05) is 0 Å². The monoisotopic (exact) mass is 261 g/mol. The fraction of sp³-hybridized carbons (Fsp3) is 0.500. The van der Waals surface area contributed by atoms with Gasteiger partial charge in [-0.3, -0.25) is 13.9 Å². The van der Waals surface area contributed by atoms with E-state index in [9.17, 15) is 9.59 Å². The van der Waals surface area contributed by atoms with Crippen LogP contribution in [0.25, 0.3) is 11.2 Å². The van der Waals surface area contributed by atoms with Crippen LogP contribution >= 0.6 is 0 Å². The zero-order chi connectivity index (χ0) is 14.0. The van der Waals surface area contributed by atoms with Gasteiger partial charge in [-0.15, -0.1) is 0 Å². The number of rotatable bonds is 4. The quantitative estimate of drug-likeness (QED) is 0.732. The Morgan fingerprint density at radius 2 is 2.05 bits per heavy atom. The number of aryl methyl sites for hydroxylation is 2. The summed E-state index contributed by atoms with van der Waals surface area (Å²) in [6.07, 6.45) is 3.26. The molecule has 0 radical (unpaired) electrons. The van der Waals surface area contributed by atoms with Crippen LogP contribution < -0.4 is 11.2 Å². The van der Waals surface area contributed by atoms with Crippen LogP contribution in [0.15, 0.2) is 15.9 Å². The minimum Gasteiger partial charge on any atom is -0.328 e. The smallest absolute Gasteiger partial charge is 0.328 e. The van der Waals surface area contributed by atoms with Gasteiger partial charge in [-0.2, -0.15) is 5.26 Å². The second kappa shape index (κ2) is 5.10. The topological polar surface area (TPSA) is 85.6 Å². The van der Waals surface area contributed by atoms with E-state index in [2.05, 4.69) is 4.98 Å². The first kappa shape index (κ1) is 13.1. The van der Waals surface area contributed by atoms with E-state index in [0.29, 0.717) is 37.0 Å². The molecule has 0 unspecified atom stereocenters. The first-order valence-electron chi connectivity index (χ1n) is 6.05. The first-order chi connectivity index (χ1) is 9.07. The molecule has 0 atom stereocenters. The molecule has 2 rings (SSSR count). The second-order valence-corrected chi connectivity index (χ2v) is 4.44. The maximum absolute atomic E-state index is 12.3. The fourth-order valence-corrected chi connectivity index (χ4v) is 2.07. The van der Waals surface area contributed by atoms with E-state index in [0.717, 1.165) is 0 Å². The Morgan fingerprint density at radius 1 is 1.32 bits per heavy atom. The number of nitriles is 1. The summed E-state index contributed by atoms with van der Waals surface area (Å²) in [5.41, 5.74) is 0.122. The van der Waals surface area contributed by atoms with Gasteiger partial charge >= 0.3 is 5.69 Å². The molecule has 0 aliphatic heterocycles. The van der Waals surface area contributed by atoms with E-state index in [4.69, 9.17) is 5.26 Å². The predicted octanol–water partition coefficient (Wildman–Crippen LogP) is 0.128. The standard InChI is InChI=1S/C12H15N5O2/c1-15-8-14-10-9(15)11(18)17(12(19)16(10)2)7-5-3-4-6-13/h8H,3-5,7H2,1-2H3. The summed E-state index contributed by atoms with van der Waals surface area (Å²) in [4.78, 5) is 28.4. The highest BCUT2D eigenvalue weighted by atomic mass is 16.2. The van der Waals surface area contributed by atoms with Crippen molar-refractivity contribution in [3.05, 3.63) is 27.2 Å². The van der Waals surface area contributed by atoms with Crippen molar-refractivity contribution in [3.8, 4) is 6.07 Å². The molecule has 0 N–H and O–H groups in total. The molecule has 0 aromatic carbocycles. The average Bonchev–Trinajstić information content (AvgIpc) is 2.77. The lowest BCUT2D eigenvalue weighted by Gasteiger charge is -2.07. The minimum absolute atomic E-state index is 0.324. The van der Waals surface area contributed by atoms with E-state index in [1.54, 1.807) is 18.7 Å². The lowest BCUT2D eigenvalue weighted by molar-refractivity contribution is 0.557. The first-order valence-corrected chi connectivity index (χ1v) is 6.05. The lowest BCUT2D eigenvalue weighted by Crippen LogP contribution is -2.39. The zero-order valence-electron chi connectivity index (χ0n) is 11.0.